The van der Waals surface area contributed by atoms with Gasteiger partial charge in [0.15, 0.2) is 0 Å². The zero-order chi connectivity index (χ0) is 13.9. The minimum Gasteiger partial charge on any atom is -0.461 e. The van der Waals surface area contributed by atoms with E-state index in [1.807, 2.05) is 19.9 Å². The largest absolute Gasteiger partial charge is 0.461 e. The van der Waals surface area contributed by atoms with Crippen LogP contribution < -0.4 is 5.32 Å². The molecule has 1 aromatic rings. The lowest BCUT2D eigenvalue weighted by molar-refractivity contribution is -0.142. The number of halogens is 1. The van der Waals surface area contributed by atoms with E-state index in [1.165, 1.54) is 13.8 Å². The Morgan fingerprint density at radius 3 is 2.44 bits per heavy atom. The van der Waals surface area contributed by atoms with Crippen molar-refractivity contribution >= 4 is 40.2 Å². The molecule has 0 radical (unpaired) electrons. The molecule has 0 atom stereocenters. The Bertz CT molecular complexity index is 497. The van der Waals surface area contributed by atoms with Gasteiger partial charge in [0.05, 0.1) is 0 Å². The summed E-state index contributed by atoms with van der Waals surface area (Å²) in [7, 11) is 0. The van der Waals surface area contributed by atoms with Crippen molar-refractivity contribution in [1.29, 1.82) is 0 Å². The highest BCUT2D eigenvalue weighted by Gasteiger charge is 2.13. The minimum absolute atomic E-state index is 0.110. The van der Waals surface area contributed by atoms with Crippen LogP contribution in [0.5, 0.6) is 0 Å². The Labute approximate surface area is 120 Å². The third-order valence-electron chi connectivity index (χ3n) is 2.57. The van der Waals surface area contributed by atoms with Crippen LogP contribution in [0.1, 0.15) is 30.5 Å². The van der Waals surface area contributed by atoms with E-state index >= 15 is 0 Å². The zero-order valence-corrected chi connectivity index (χ0v) is 13.0. The van der Waals surface area contributed by atoms with Crippen molar-refractivity contribution < 1.29 is 14.3 Å². The maximum atomic E-state index is 11.2. The fourth-order valence-electron chi connectivity index (χ4n) is 1.69. The fraction of sp³-hybridized carbons (Fsp3) is 0.385. The molecular formula is C13H16INO3. The molecular weight excluding hydrogens is 345 g/mol. The number of hydrogen-bond acceptors (Lipinski definition) is 3. The first kappa shape index (κ1) is 14.9. The van der Waals surface area contributed by atoms with Crippen molar-refractivity contribution in [3.8, 4) is 0 Å². The van der Waals surface area contributed by atoms with Crippen LogP contribution in [0.15, 0.2) is 6.07 Å². The van der Waals surface area contributed by atoms with E-state index in [1.54, 1.807) is 0 Å². The van der Waals surface area contributed by atoms with E-state index in [4.69, 9.17) is 4.74 Å². The lowest BCUT2D eigenvalue weighted by Gasteiger charge is -2.16. The second kappa shape index (κ2) is 6.17. The summed E-state index contributed by atoms with van der Waals surface area (Å²) < 4.78 is 6.06. The molecule has 0 saturated carbocycles. The number of amides is 1. The predicted octanol–water partition coefficient (Wildman–Crippen LogP) is 2.93. The topological polar surface area (TPSA) is 55.4 Å². The molecule has 1 N–H and O–H groups in total. The van der Waals surface area contributed by atoms with E-state index in [0.29, 0.717) is 0 Å². The van der Waals surface area contributed by atoms with Gasteiger partial charge >= 0.3 is 5.97 Å². The van der Waals surface area contributed by atoms with E-state index in [-0.39, 0.29) is 18.5 Å². The van der Waals surface area contributed by atoms with Crippen molar-refractivity contribution in [3.05, 3.63) is 26.3 Å². The standard InChI is InChI=1S/C13H16INO3/c1-7-5-12(14)11(6-18-10(4)17)8(2)13(7)15-9(3)16/h5H,6H2,1-4H3,(H,15,16). The minimum atomic E-state index is -0.313. The van der Waals surface area contributed by atoms with Crippen LogP contribution >= 0.6 is 22.6 Å². The Morgan fingerprint density at radius 2 is 1.94 bits per heavy atom. The molecule has 1 rings (SSSR count). The molecule has 0 bridgehead atoms. The quantitative estimate of drug-likeness (QED) is 0.665. The van der Waals surface area contributed by atoms with Crippen molar-refractivity contribution in [2.45, 2.75) is 34.3 Å². The maximum absolute atomic E-state index is 11.2. The molecule has 0 heterocycles. The van der Waals surface area contributed by atoms with Crippen LogP contribution in [-0.2, 0) is 20.9 Å². The molecule has 0 aliphatic heterocycles. The number of hydrogen-bond donors (Lipinski definition) is 1. The molecule has 18 heavy (non-hydrogen) atoms. The number of anilines is 1. The fourth-order valence-corrected chi connectivity index (χ4v) is 2.72. The van der Waals surface area contributed by atoms with Gasteiger partial charge in [0, 0.05) is 28.7 Å². The number of rotatable bonds is 3. The number of esters is 1. The van der Waals surface area contributed by atoms with Gasteiger partial charge in [0.25, 0.3) is 0 Å². The summed E-state index contributed by atoms with van der Waals surface area (Å²) in [6, 6.07) is 1.97. The highest BCUT2D eigenvalue weighted by molar-refractivity contribution is 14.1. The van der Waals surface area contributed by atoms with Crippen LogP contribution in [0, 0.1) is 17.4 Å². The second-order valence-electron chi connectivity index (χ2n) is 4.12. The van der Waals surface area contributed by atoms with Gasteiger partial charge in [-0.05, 0) is 53.6 Å². The van der Waals surface area contributed by atoms with Crippen LogP contribution in [0.4, 0.5) is 5.69 Å². The van der Waals surface area contributed by atoms with Crippen molar-refractivity contribution in [2.75, 3.05) is 5.32 Å². The average molecular weight is 361 g/mol. The van der Waals surface area contributed by atoms with Crippen LogP contribution in [0.25, 0.3) is 0 Å². The third-order valence-corrected chi connectivity index (χ3v) is 3.54. The number of carbonyl (C=O) groups excluding carboxylic acids is 2. The SMILES string of the molecule is CC(=O)Nc1c(C)cc(I)c(COC(C)=O)c1C. The molecule has 1 aromatic carbocycles. The average Bonchev–Trinajstić information content (AvgIpc) is 2.23. The summed E-state index contributed by atoms with van der Waals surface area (Å²) in [5.74, 6) is -0.423. The van der Waals surface area contributed by atoms with E-state index in [0.717, 1.165) is 25.9 Å². The normalized spacial score (nSPS) is 10.1. The van der Waals surface area contributed by atoms with Gasteiger partial charge in [-0.2, -0.15) is 0 Å². The first-order chi connectivity index (χ1) is 8.32. The van der Waals surface area contributed by atoms with Gasteiger partial charge in [-0.25, -0.2) is 0 Å². The molecule has 0 saturated heterocycles. The summed E-state index contributed by atoms with van der Waals surface area (Å²) in [6.45, 7) is 6.94. The van der Waals surface area contributed by atoms with E-state index < -0.39 is 0 Å². The number of aryl methyl sites for hydroxylation is 1. The number of carbonyl (C=O) groups is 2. The molecule has 4 nitrogen and oxygen atoms in total. The van der Waals surface area contributed by atoms with Crippen molar-refractivity contribution in [1.82, 2.24) is 0 Å². The van der Waals surface area contributed by atoms with Gasteiger partial charge in [-0.3, -0.25) is 9.59 Å². The van der Waals surface area contributed by atoms with E-state index in [9.17, 15) is 9.59 Å². The number of benzene rings is 1. The first-order valence-corrected chi connectivity index (χ1v) is 6.60. The Hall–Kier alpha value is -1.11. The Balaban J connectivity index is 3.17. The molecule has 0 spiro atoms. The molecule has 5 heteroatoms. The number of ether oxygens (including phenoxy) is 1. The van der Waals surface area contributed by atoms with Gasteiger partial charge in [-0.15, -0.1) is 0 Å². The summed E-state index contributed by atoms with van der Waals surface area (Å²) in [5, 5.41) is 2.81. The summed E-state index contributed by atoms with van der Waals surface area (Å²) >= 11 is 2.20. The van der Waals surface area contributed by atoms with Crippen molar-refractivity contribution in [3.63, 3.8) is 0 Å². The lowest BCUT2D eigenvalue weighted by atomic mass is 10.0. The summed E-state index contributed by atoms with van der Waals surface area (Å²) in [6.07, 6.45) is 0. The second-order valence-corrected chi connectivity index (χ2v) is 5.28. The van der Waals surface area contributed by atoms with Gasteiger partial charge in [0.2, 0.25) is 5.91 Å². The smallest absolute Gasteiger partial charge is 0.302 e. The Kier molecular flexibility index (Phi) is 5.13. The van der Waals surface area contributed by atoms with Crippen LogP contribution in [0.2, 0.25) is 0 Å². The molecule has 0 aliphatic rings. The molecule has 0 aliphatic carbocycles. The molecule has 1 amide bonds. The molecule has 0 fully saturated rings. The molecule has 0 unspecified atom stereocenters. The van der Waals surface area contributed by atoms with Crippen LogP contribution in [0.3, 0.4) is 0 Å². The predicted molar refractivity (Wildman–Crippen MR) is 78.4 cm³/mol. The first-order valence-electron chi connectivity index (χ1n) is 5.52. The zero-order valence-electron chi connectivity index (χ0n) is 10.9. The van der Waals surface area contributed by atoms with Crippen molar-refractivity contribution in [2.24, 2.45) is 0 Å². The van der Waals surface area contributed by atoms with Gasteiger partial charge < -0.3 is 10.1 Å². The van der Waals surface area contributed by atoms with Gasteiger partial charge in [-0.1, -0.05) is 0 Å². The highest BCUT2D eigenvalue weighted by Crippen LogP contribution is 2.28. The highest BCUT2D eigenvalue weighted by atomic mass is 127. The van der Waals surface area contributed by atoms with Crippen LogP contribution in [-0.4, -0.2) is 11.9 Å². The maximum Gasteiger partial charge on any atom is 0.302 e. The summed E-state index contributed by atoms with van der Waals surface area (Å²) in [5.41, 5.74) is 3.67. The Morgan fingerprint density at radius 1 is 1.33 bits per heavy atom. The summed E-state index contributed by atoms with van der Waals surface area (Å²) in [4.78, 5) is 22.1. The lowest BCUT2D eigenvalue weighted by Crippen LogP contribution is -2.12. The molecule has 98 valence electrons. The molecule has 0 aromatic heterocycles. The number of nitrogens with one attached hydrogen (secondary N) is 1. The monoisotopic (exact) mass is 361 g/mol. The van der Waals surface area contributed by atoms with Gasteiger partial charge in [0.1, 0.15) is 6.61 Å². The van der Waals surface area contributed by atoms with E-state index in [2.05, 4.69) is 27.9 Å². The third kappa shape index (κ3) is 3.69.